The fraction of sp³-hybridized carbons (Fsp3) is 0.333. The minimum absolute atomic E-state index is 0.0566. The number of nitrogens with one attached hydrogen (secondary N) is 1. The predicted molar refractivity (Wildman–Crippen MR) is 109 cm³/mol. The van der Waals surface area contributed by atoms with Crippen molar-refractivity contribution in [3.8, 4) is 11.5 Å². The first-order valence-corrected chi connectivity index (χ1v) is 9.82. The number of hydrogen-bond acceptors (Lipinski definition) is 5. The van der Waals surface area contributed by atoms with E-state index in [1.54, 1.807) is 25.6 Å². The van der Waals surface area contributed by atoms with Crippen molar-refractivity contribution < 1.29 is 14.3 Å². The summed E-state index contributed by atoms with van der Waals surface area (Å²) in [6, 6.07) is 13.8. The maximum atomic E-state index is 12.1. The summed E-state index contributed by atoms with van der Waals surface area (Å²) in [6.45, 7) is 0.663. The van der Waals surface area contributed by atoms with Gasteiger partial charge in [0, 0.05) is 25.5 Å². The van der Waals surface area contributed by atoms with E-state index in [1.807, 2.05) is 36.4 Å². The summed E-state index contributed by atoms with van der Waals surface area (Å²) in [6.07, 6.45) is 2.86. The van der Waals surface area contributed by atoms with Gasteiger partial charge in [0.2, 0.25) is 5.91 Å². The number of aryl methyl sites for hydroxylation is 2. The standard InChI is InChI=1S/C21H24N2O3S/c1-25-16-12-15(13-17(14-16)26-2)9-10-20(24)22-11-5-8-21-23-18-6-3-4-7-19(18)27-21/h3-4,6-7,12-14H,5,8-11H2,1-2H3,(H,22,24). The highest BCUT2D eigenvalue weighted by Gasteiger charge is 2.07. The number of benzene rings is 2. The maximum absolute atomic E-state index is 12.1. The van der Waals surface area contributed by atoms with Gasteiger partial charge >= 0.3 is 0 Å². The maximum Gasteiger partial charge on any atom is 0.220 e. The highest BCUT2D eigenvalue weighted by molar-refractivity contribution is 7.18. The van der Waals surface area contributed by atoms with E-state index in [4.69, 9.17) is 9.47 Å². The van der Waals surface area contributed by atoms with E-state index in [9.17, 15) is 4.79 Å². The Labute approximate surface area is 163 Å². The molecule has 0 aliphatic carbocycles. The van der Waals surface area contributed by atoms with Gasteiger partial charge in [-0.1, -0.05) is 12.1 Å². The molecule has 6 heteroatoms. The van der Waals surface area contributed by atoms with Crippen molar-refractivity contribution >= 4 is 27.5 Å². The molecular weight excluding hydrogens is 360 g/mol. The molecule has 142 valence electrons. The third-order valence-electron chi connectivity index (χ3n) is 4.28. The quantitative estimate of drug-likeness (QED) is 0.567. The van der Waals surface area contributed by atoms with E-state index in [-0.39, 0.29) is 5.91 Å². The predicted octanol–water partition coefficient (Wildman–Crippen LogP) is 4.00. The van der Waals surface area contributed by atoms with Gasteiger partial charge in [-0.2, -0.15) is 0 Å². The van der Waals surface area contributed by atoms with Crippen molar-refractivity contribution in [1.82, 2.24) is 10.3 Å². The Morgan fingerprint density at radius 1 is 1.07 bits per heavy atom. The van der Waals surface area contributed by atoms with Gasteiger partial charge in [0.15, 0.2) is 0 Å². The van der Waals surface area contributed by atoms with Crippen LogP contribution in [-0.4, -0.2) is 31.7 Å². The highest BCUT2D eigenvalue weighted by atomic mass is 32.1. The first-order valence-electron chi connectivity index (χ1n) is 9.01. The average molecular weight is 385 g/mol. The van der Waals surface area contributed by atoms with Crippen LogP contribution in [0.3, 0.4) is 0 Å². The van der Waals surface area contributed by atoms with Crippen LogP contribution >= 0.6 is 11.3 Å². The number of thiazole rings is 1. The molecule has 0 saturated heterocycles. The van der Waals surface area contributed by atoms with Crippen molar-refractivity contribution in [2.45, 2.75) is 25.7 Å². The van der Waals surface area contributed by atoms with Gasteiger partial charge in [0.1, 0.15) is 11.5 Å². The van der Waals surface area contributed by atoms with Gasteiger partial charge in [-0.3, -0.25) is 4.79 Å². The van der Waals surface area contributed by atoms with Crippen LogP contribution in [0.1, 0.15) is 23.4 Å². The van der Waals surface area contributed by atoms with Gasteiger partial charge in [-0.15, -0.1) is 11.3 Å². The lowest BCUT2D eigenvalue weighted by Gasteiger charge is -2.09. The number of aromatic nitrogens is 1. The fourth-order valence-electron chi connectivity index (χ4n) is 2.85. The Balaban J connectivity index is 1.41. The number of hydrogen-bond donors (Lipinski definition) is 1. The van der Waals surface area contributed by atoms with Crippen LogP contribution in [0.5, 0.6) is 11.5 Å². The van der Waals surface area contributed by atoms with Gasteiger partial charge in [0.25, 0.3) is 0 Å². The van der Waals surface area contributed by atoms with Crippen LogP contribution in [0, 0.1) is 0 Å². The van der Waals surface area contributed by atoms with E-state index < -0.39 is 0 Å². The van der Waals surface area contributed by atoms with Gasteiger partial charge in [0.05, 0.1) is 29.4 Å². The van der Waals surface area contributed by atoms with E-state index in [1.165, 1.54) is 4.70 Å². The first-order chi connectivity index (χ1) is 13.2. The zero-order valence-electron chi connectivity index (χ0n) is 15.7. The third-order valence-corrected chi connectivity index (χ3v) is 5.38. The molecular formula is C21H24N2O3S. The molecule has 2 aromatic carbocycles. The Morgan fingerprint density at radius 3 is 2.52 bits per heavy atom. The number of ether oxygens (including phenoxy) is 2. The number of amides is 1. The van der Waals surface area contributed by atoms with E-state index in [2.05, 4.69) is 16.4 Å². The minimum Gasteiger partial charge on any atom is -0.497 e. The summed E-state index contributed by atoms with van der Waals surface area (Å²) >= 11 is 1.72. The van der Waals surface area contributed by atoms with Crippen molar-refractivity contribution in [3.05, 3.63) is 53.0 Å². The lowest BCUT2D eigenvalue weighted by molar-refractivity contribution is -0.121. The number of para-hydroxylation sites is 1. The molecule has 0 radical (unpaired) electrons. The SMILES string of the molecule is COc1cc(CCC(=O)NCCCc2nc3ccccc3s2)cc(OC)c1. The molecule has 3 rings (SSSR count). The third kappa shape index (κ3) is 5.44. The van der Waals surface area contributed by atoms with Crippen LogP contribution in [0.15, 0.2) is 42.5 Å². The van der Waals surface area contributed by atoms with Gasteiger partial charge < -0.3 is 14.8 Å². The molecule has 1 N–H and O–H groups in total. The van der Waals surface area contributed by atoms with Crippen LogP contribution in [0.4, 0.5) is 0 Å². The largest absolute Gasteiger partial charge is 0.497 e. The number of carbonyl (C=O) groups excluding carboxylic acids is 1. The molecule has 0 spiro atoms. The second-order valence-corrected chi connectivity index (χ2v) is 7.36. The smallest absolute Gasteiger partial charge is 0.220 e. The summed E-state index contributed by atoms with van der Waals surface area (Å²) < 4.78 is 11.7. The van der Waals surface area contributed by atoms with E-state index in [0.29, 0.717) is 19.4 Å². The number of rotatable bonds is 9. The van der Waals surface area contributed by atoms with Crippen molar-refractivity contribution in [2.75, 3.05) is 20.8 Å². The van der Waals surface area contributed by atoms with Crippen LogP contribution in [0.2, 0.25) is 0 Å². The zero-order valence-corrected chi connectivity index (χ0v) is 16.5. The minimum atomic E-state index is 0.0566. The first kappa shape index (κ1) is 19.2. The molecule has 27 heavy (non-hydrogen) atoms. The van der Waals surface area contributed by atoms with Crippen molar-refractivity contribution in [3.63, 3.8) is 0 Å². The van der Waals surface area contributed by atoms with Crippen LogP contribution in [-0.2, 0) is 17.6 Å². The molecule has 0 aliphatic rings. The molecule has 0 unspecified atom stereocenters. The topological polar surface area (TPSA) is 60.5 Å². The van der Waals surface area contributed by atoms with Gasteiger partial charge in [-0.05, 0) is 42.7 Å². The summed E-state index contributed by atoms with van der Waals surface area (Å²) in [4.78, 5) is 16.7. The van der Waals surface area contributed by atoms with Crippen molar-refractivity contribution in [2.24, 2.45) is 0 Å². The van der Waals surface area contributed by atoms with Gasteiger partial charge in [-0.25, -0.2) is 4.98 Å². The summed E-state index contributed by atoms with van der Waals surface area (Å²) in [5, 5.41) is 4.11. The van der Waals surface area contributed by atoms with Crippen LogP contribution in [0.25, 0.3) is 10.2 Å². The lowest BCUT2D eigenvalue weighted by Crippen LogP contribution is -2.24. The summed E-state index contributed by atoms with van der Waals surface area (Å²) in [5.74, 6) is 1.53. The number of fused-ring (bicyclic) bond motifs is 1. The second-order valence-electron chi connectivity index (χ2n) is 6.25. The Kier molecular flexibility index (Phi) is 6.65. The lowest BCUT2D eigenvalue weighted by atomic mass is 10.1. The summed E-state index contributed by atoms with van der Waals surface area (Å²) in [7, 11) is 3.24. The highest BCUT2D eigenvalue weighted by Crippen LogP contribution is 2.23. The molecule has 0 fully saturated rings. The second kappa shape index (κ2) is 9.37. The molecule has 1 amide bonds. The molecule has 1 aromatic heterocycles. The fourth-order valence-corrected chi connectivity index (χ4v) is 3.86. The Bertz CT molecular complexity index is 852. The van der Waals surface area contributed by atoms with E-state index in [0.717, 1.165) is 40.4 Å². The van der Waals surface area contributed by atoms with Crippen LogP contribution < -0.4 is 14.8 Å². The molecule has 0 saturated carbocycles. The number of methoxy groups -OCH3 is 2. The Morgan fingerprint density at radius 2 is 1.81 bits per heavy atom. The zero-order chi connectivity index (χ0) is 19.1. The Hall–Kier alpha value is -2.60. The number of carbonyl (C=O) groups is 1. The molecule has 0 aliphatic heterocycles. The molecule has 0 atom stereocenters. The molecule has 5 nitrogen and oxygen atoms in total. The number of nitrogens with zero attached hydrogens (tertiary/aromatic N) is 1. The summed E-state index contributed by atoms with van der Waals surface area (Å²) in [5.41, 5.74) is 2.08. The van der Waals surface area contributed by atoms with Crippen molar-refractivity contribution in [1.29, 1.82) is 0 Å². The average Bonchev–Trinajstić information content (AvgIpc) is 3.12. The molecule has 1 heterocycles. The molecule has 0 bridgehead atoms. The van der Waals surface area contributed by atoms with E-state index >= 15 is 0 Å². The normalized spacial score (nSPS) is 10.7. The monoisotopic (exact) mass is 384 g/mol. The molecule has 3 aromatic rings.